The third kappa shape index (κ3) is 3.74. The maximum atomic E-state index is 12.4. The lowest BCUT2D eigenvalue weighted by Gasteiger charge is -2.17. The van der Waals surface area contributed by atoms with Crippen LogP contribution in [-0.2, 0) is 10.0 Å². The van der Waals surface area contributed by atoms with Gasteiger partial charge in [0.1, 0.15) is 4.90 Å². The molecular weight excluding hydrogens is 312 g/mol. The molecule has 2 rings (SSSR count). The number of aliphatic hydroxyl groups is 1. The molecule has 0 aliphatic rings. The van der Waals surface area contributed by atoms with E-state index in [2.05, 4.69) is 4.72 Å². The first kappa shape index (κ1) is 15.8. The Morgan fingerprint density at radius 1 is 1.19 bits per heavy atom. The Hall–Kier alpha value is -1.60. The summed E-state index contributed by atoms with van der Waals surface area (Å²) < 4.78 is 27.2. The van der Waals surface area contributed by atoms with E-state index in [1.807, 2.05) is 0 Å². The molecular formula is C14H15ClN2O3S. The van der Waals surface area contributed by atoms with E-state index in [1.165, 1.54) is 18.2 Å². The molecule has 0 saturated heterocycles. The van der Waals surface area contributed by atoms with E-state index >= 15 is 0 Å². The van der Waals surface area contributed by atoms with E-state index in [9.17, 15) is 13.5 Å². The molecule has 0 aromatic heterocycles. The van der Waals surface area contributed by atoms with E-state index in [0.29, 0.717) is 5.56 Å². The summed E-state index contributed by atoms with van der Waals surface area (Å²) in [6.45, 7) is -0.371. The molecule has 4 N–H and O–H groups in total. The molecule has 1 unspecified atom stereocenters. The maximum absolute atomic E-state index is 12.4. The minimum Gasteiger partial charge on any atom is -0.398 e. The van der Waals surface area contributed by atoms with Crippen LogP contribution in [0.15, 0.2) is 53.4 Å². The number of aliphatic hydroxyl groups excluding tert-OH is 1. The molecule has 21 heavy (non-hydrogen) atoms. The first-order valence-electron chi connectivity index (χ1n) is 6.17. The van der Waals surface area contributed by atoms with Gasteiger partial charge in [-0.1, -0.05) is 41.9 Å². The van der Waals surface area contributed by atoms with Gasteiger partial charge in [0, 0.05) is 5.02 Å². The molecule has 0 aliphatic heterocycles. The smallest absolute Gasteiger partial charge is 0.243 e. The van der Waals surface area contributed by atoms with Crippen LogP contribution < -0.4 is 10.5 Å². The van der Waals surface area contributed by atoms with Gasteiger partial charge in [0.2, 0.25) is 10.0 Å². The SMILES string of the molecule is Nc1ccc(Cl)cc1S(=O)(=O)NC(CO)c1ccccc1. The third-order valence-electron chi connectivity index (χ3n) is 2.95. The highest BCUT2D eigenvalue weighted by Crippen LogP contribution is 2.24. The summed E-state index contributed by atoms with van der Waals surface area (Å²) >= 11 is 5.81. The summed E-state index contributed by atoms with van der Waals surface area (Å²) in [4.78, 5) is -0.107. The molecule has 0 fully saturated rings. The quantitative estimate of drug-likeness (QED) is 0.732. The van der Waals surface area contributed by atoms with Crippen LogP contribution in [0.3, 0.4) is 0 Å². The molecule has 2 aromatic carbocycles. The van der Waals surface area contributed by atoms with Gasteiger partial charge in [-0.25, -0.2) is 13.1 Å². The van der Waals surface area contributed by atoms with Gasteiger partial charge in [-0.2, -0.15) is 0 Å². The Bertz CT molecular complexity index is 720. The van der Waals surface area contributed by atoms with Crippen molar-refractivity contribution in [2.75, 3.05) is 12.3 Å². The van der Waals surface area contributed by atoms with Gasteiger partial charge < -0.3 is 10.8 Å². The van der Waals surface area contributed by atoms with Crippen molar-refractivity contribution in [3.63, 3.8) is 0 Å². The number of hydrogen-bond donors (Lipinski definition) is 3. The third-order valence-corrected chi connectivity index (χ3v) is 4.71. The first-order valence-corrected chi connectivity index (χ1v) is 8.03. The van der Waals surface area contributed by atoms with E-state index in [0.717, 1.165) is 0 Å². The highest BCUT2D eigenvalue weighted by Gasteiger charge is 2.23. The summed E-state index contributed by atoms with van der Waals surface area (Å²) in [6, 6.07) is 12.2. The van der Waals surface area contributed by atoms with Crippen LogP contribution in [-0.4, -0.2) is 20.1 Å². The number of halogens is 1. The van der Waals surface area contributed by atoms with E-state index in [1.54, 1.807) is 30.3 Å². The Morgan fingerprint density at radius 3 is 2.48 bits per heavy atom. The second kappa shape index (κ2) is 6.44. The zero-order valence-electron chi connectivity index (χ0n) is 11.0. The average Bonchev–Trinajstić information content (AvgIpc) is 2.48. The van der Waals surface area contributed by atoms with Gasteiger partial charge in [-0.3, -0.25) is 0 Å². The number of rotatable bonds is 5. The van der Waals surface area contributed by atoms with Crippen molar-refractivity contribution in [1.82, 2.24) is 4.72 Å². The number of benzene rings is 2. The molecule has 2 aromatic rings. The zero-order chi connectivity index (χ0) is 15.5. The average molecular weight is 327 g/mol. The highest BCUT2D eigenvalue weighted by molar-refractivity contribution is 7.89. The largest absolute Gasteiger partial charge is 0.398 e. The van der Waals surface area contributed by atoms with Gasteiger partial charge in [-0.15, -0.1) is 0 Å². The predicted molar refractivity (Wildman–Crippen MR) is 82.5 cm³/mol. The van der Waals surface area contributed by atoms with Crippen LogP contribution in [0.1, 0.15) is 11.6 Å². The van der Waals surface area contributed by atoms with Gasteiger partial charge in [0.05, 0.1) is 18.3 Å². The topological polar surface area (TPSA) is 92.4 Å². The van der Waals surface area contributed by atoms with Crippen LogP contribution in [0, 0.1) is 0 Å². The lowest BCUT2D eigenvalue weighted by molar-refractivity contribution is 0.259. The molecule has 7 heteroatoms. The monoisotopic (exact) mass is 326 g/mol. The lowest BCUT2D eigenvalue weighted by atomic mass is 10.1. The lowest BCUT2D eigenvalue weighted by Crippen LogP contribution is -2.31. The second-order valence-corrected chi connectivity index (χ2v) is 6.57. The van der Waals surface area contributed by atoms with E-state index in [4.69, 9.17) is 17.3 Å². The van der Waals surface area contributed by atoms with Crippen LogP contribution in [0.25, 0.3) is 0 Å². The summed E-state index contributed by atoms with van der Waals surface area (Å²) in [6.07, 6.45) is 0. The van der Waals surface area contributed by atoms with Crippen molar-refractivity contribution >= 4 is 27.3 Å². The summed E-state index contributed by atoms with van der Waals surface area (Å²) in [5.41, 5.74) is 6.44. The number of nitrogens with two attached hydrogens (primary N) is 1. The van der Waals surface area contributed by atoms with Gasteiger partial charge in [0.15, 0.2) is 0 Å². The fourth-order valence-corrected chi connectivity index (χ4v) is 3.50. The number of hydrogen-bond acceptors (Lipinski definition) is 4. The van der Waals surface area contributed by atoms with Gasteiger partial charge >= 0.3 is 0 Å². The van der Waals surface area contributed by atoms with Crippen molar-refractivity contribution in [1.29, 1.82) is 0 Å². The molecule has 1 atom stereocenters. The minimum absolute atomic E-state index is 0.0941. The van der Waals surface area contributed by atoms with Crippen LogP contribution in [0.5, 0.6) is 0 Å². The fourth-order valence-electron chi connectivity index (χ4n) is 1.89. The predicted octanol–water partition coefficient (Wildman–Crippen LogP) is 1.93. The molecule has 0 radical (unpaired) electrons. The van der Waals surface area contributed by atoms with Crippen LogP contribution in [0.4, 0.5) is 5.69 Å². The zero-order valence-corrected chi connectivity index (χ0v) is 12.6. The summed E-state index contributed by atoms with van der Waals surface area (Å²) in [5.74, 6) is 0. The van der Waals surface area contributed by atoms with Crippen LogP contribution in [0.2, 0.25) is 5.02 Å². The molecule has 0 aliphatic carbocycles. The molecule has 0 heterocycles. The summed E-state index contributed by atoms with van der Waals surface area (Å²) in [7, 11) is -3.89. The minimum atomic E-state index is -3.89. The fraction of sp³-hybridized carbons (Fsp3) is 0.143. The van der Waals surface area contributed by atoms with Crippen molar-refractivity contribution in [2.45, 2.75) is 10.9 Å². The first-order chi connectivity index (χ1) is 9.94. The van der Waals surface area contributed by atoms with Gasteiger partial charge in [-0.05, 0) is 23.8 Å². The molecule has 0 saturated carbocycles. The second-order valence-electron chi connectivity index (χ2n) is 4.45. The number of anilines is 1. The number of nitrogen functional groups attached to an aromatic ring is 1. The Morgan fingerprint density at radius 2 is 1.86 bits per heavy atom. The Labute approximate surface area is 128 Å². The Balaban J connectivity index is 2.34. The molecule has 112 valence electrons. The van der Waals surface area contributed by atoms with E-state index < -0.39 is 16.1 Å². The highest BCUT2D eigenvalue weighted by atomic mass is 35.5. The van der Waals surface area contributed by atoms with Crippen LogP contribution >= 0.6 is 11.6 Å². The number of sulfonamides is 1. The Kier molecular flexibility index (Phi) is 4.84. The molecule has 0 spiro atoms. The summed E-state index contributed by atoms with van der Waals surface area (Å²) in [5, 5.41) is 9.70. The molecule has 0 bridgehead atoms. The molecule has 5 nitrogen and oxygen atoms in total. The molecule has 0 amide bonds. The number of nitrogens with one attached hydrogen (secondary N) is 1. The normalized spacial score (nSPS) is 13.0. The van der Waals surface area contributed by atoms with Crippen molar-refractivity contribution in [3.05, 3.63) is 59.1 Å². The van der Waals surface area contributed by atoms with Crippen molar-refractivity contribution < 1.29 is 13.5 Å². The van der Waals surface area contributed by atoms with Crippen molar-refractivity contribution in [3.8, 4) is 0 Å². The van der Waals surface area contributed by atoms with Gasteiger partial charge in [0.25, 0.3) is 0 Å². The maximum Gasteiger partial charge on any atom is 0.243 e. The standard InChI is InChI=1S/C14H15ClN2O3S/c15-11-6-7-12(16)14(8-11)21(19,20)17-13(9-18)10-4-2-1-3-5-10/h1-8,13,17-18H,9,16H2. The van der Waals surface area contributed by atoms with Crippen molar-refractivity contribution in [2.24, 2.45) is 0 Å². The van der Waals surface area contributed by atoms with E-state index in [-0.39, 0.29) is 22.2 Å².